The molecule has 2 aromatic heterocycles. The van der Waals surface area contributed by atoms with Crippen molar-refractivity contribution in [3.05, 3.63) is 168 Å². The third-order valence-corrected chi connectivity index (χ3v) is 12.5. The second-order valence-corrected chi connectivity index (χ2v) is 18.4. The first kappa shape index (κ1) is 35.4. The van der Waals surface area contributed by atoms with Crippen LogP contribution in [0.2, 0.25) is 0 Å². The standard InChI is InChI=1S/C54H45BN2O2/c1-31-25-48(32-13-9-8-10-14-32)59-50-30-46-43(27-39(31)50)55-51-37(40-26-34(54(5,6)7)19-24-44(40)56-35-20-17-33(18-21-35)53(2,3)4)22-23-38-41-29-49-42(28-45(41)57(46)52(38)51)36-15-11-12-16-47(36)58-49/h8-30,55-56H,1H2,2-7H3. The second-order valence-electron chi connectivity index (χ2n) is 18.4. The predicted molar refractivity (Wildman–Crippen MR) is 251 cm³/mol. The Kier molecular flexibility index (Phi) is 7.59. The van der Waals surface area contributed by atoms with Gasteiger partial charge in [0.1, 0.15) is 22.7 Å². The highest BCUT2D eigenvalue weighted by molar-refractivity contribution is 6.73. The number of ether oxygens (including phenoxy) is 1. The number of fused-ring (bicyclic) bond motifs is 9. The summed E-state index contributed by atoms with van der Waals surface area (Å²) in [6.07, 6.45) is 2.07. The molecule has 2 aliphatic heterocycles. The first-order valence-corrected chi connectivity index (χ1v) is 20.6. The molecule has 1 N–H and O–H groups in total. The summed E-state index contributed by atoms with van der Waals surface area (Å²) in [7, 11) is 0.757. The largest absolute Gasteiger partial charge is 0.456 e. The van der Waals surface area contributed by atoms with Gasteiger partial charge in [-0.15, -0.1) is 0 Å². The van der Waals surface area contributed by atoms with E-state index >= 15 is 0 Å². The maximum Gasteiger partial charge on any atom is 0.198 e. The molecule has 59 heavy (non-hydrogen) atoms. The van der Waals surface area contributed by atoms with Crippen LogP contribution in [0.3, 0.4) is 0 Å². The Morgan fingerprint density at radius 1 is 0.610 bits per heavy atom. The van der Waals surface area contributed by atoms with Crippen LogP contribution in [0, 0.1) is 0 Å². The minimum Gasteiger partial charge on any atom is -0.456 e. The Balaban J connectivity index is 1.16. The van der Waals surface area contributed by atoms with Crippen LogP contribution in [0.4, 0.5) is 11.4 Å². The van der Waals surface area contributed by atoms with E-state index in [1.807, 2.05) is 24.3 Å². The SMILES string of the molecule is C=C1C=C(c2ccccc2)Oc2cc3c(cc21)Bc1c(-c2cc(C(C)(C)C)ccc2Nc2ccc(C(C)(C)C)cc2)ccc2c4cc5oc6ccccc6c5cc4n-3c12. The number of aromatic nitrogens is 1. The Morgan fingerprint density at radius 2 is 1.36 bits per heavy atom. The highest BCUT2D eigenvalue weighted by Gasteiger charge is 2.30. The van der Waals surface area contributed by atoms with Crippen molar-refractivity contribution in [3.63, 3.8) is 0 Å². The van der Waals surface area contributed by atoms with Crippen LogP contribution < -0.4 is 21.0 Å². The van der Waals surface area contributed by atoms with Gasteiger partial charge in [-0.3, -0.25) is 0 Å². The second kappa shape index (κ2) is 12.6. The van der Waals surface area contributed by atoms with Crippen LogP contribution in [-0.2, 0) is 10.8 Å². The molecule has 0 spiro atoms. The van der Waals surface area contributed by atoms with E-state index in [4.69, 9.17) is 9.15 Å². The van der Waals surface area contributed by atoms with Gasteiger partial charge in [-0.2, -0.15) is 0 Å². The van der Waals surface area contributed by atoms with Crippen molar-refractivity contribution < 1.29 is 9.15 Å². The lowest BCUT2D eigenvalue weighted by Gasteiger charge is -2.28. The van der Waals surface area contributed by atoms with Gasteiger partial charge in [-0.1, -0.05) is 139 Å². The summed E-state index contributed by atoms with van der Waals surface area (Å²) < 4.78 is 15.7. The highest BCUT2D eigenvalue weighted by atomic mass is 16.5. The summed E-state index contributed by atoms with van der Waals surface area (Å²) in [6, 6.07) is 48.3. The van der Waals surface area contributed by atoms with Gasteiger partial charge in [0.25, 0.3) is 0 Å². The molecule has 0 atom stereocenters. The normalized spacial score (nSPS) is 13.7. The molecule has 2 aliphatic rings. The average molecular weight is 765 g/mol. The van der Waals surface area contributed by atoms with Gasteiger partial charge in [0.15, 0.2) is 7.28 Å². The van der Waals surface area contributed by atoms with Gasteiger partial charge in [0.2, 0.25) is 0 Å². The molecule has 0 amide bonds. The van der Waals surface area contributed by atoms with Crippen molar-refractivity contribution >= 4 is 84.7 Å². The zero-order valence-corrected chi connectivity index (χ0v) is 34.5. The van der Waals surface area contributed by atoms with Crippen molar-refractivity contribution in [2.24, 2.45) is 0 Å². The lowest BCUT2D eigenvalue weighted by atomic mass is 9.58. The zero-order valence-electron chi connectivity index (χ0n) is 34.5. The minimum absolute atomic E-state index is 0.0349. The number of nitrogens with one attached hydrogen (secondary N) is 1. The number of furan rings is 1. The van der Waals surface area contributed by atoms with Gasteiger partial charge in [0, 0.05) is 66.9 Å². The fraction of sp³-hybridized carbons (Fsp3) is 0.148. The Morgan fingerprint density at radius 3 is 2.14 bits per heavy atom. The summed E-state index contributed by atoms with van der Waals surface area (Å²) in [5.41, 5.74) is 18.0. The number of allylic oxidation sites excluding steroid dienone is 2. The van der Waals surface area contributed by atoms with Gasteiger partial charge in [-0.25, -0.2) is 0 Å². The van der Waals surface area contributed by atoms with Crippen molar-refractivity contribution in [2.75, 3.05) is 5.32 Å². The monoisotopic (exact) mass is 764 g/mol. The molecule has 286 valence electrons. The first-order chi connectivity index (χ1) is 28.4. The smallest absolute Gasteiger partial charge is 0.198 e. The van der Waals surface area contributed by atoms with E-state index in [9.17, 15) is 0 Å². The molecule has 0 bridgehead atoms. The maximum absolute atomic E-state index is 6.74. The molecule has 0 radical (unpaired) electrons. The van der Waals surface area contributed by atoms with Gasteiger partial charge in [0.05, 0.1) is 5.52 Å². The van der Waals surface area contributed by atoms with Crippen molar-refractivity contribution in [3.8, 4) is 22.6 Å². The molecule has 0 saturated carbocycles. The van der Waals surface area contributed by atoms with Crippen LogP contribution >= 0.6 is 0 Å². The summed E-state index contributed by atoms with van der Waals surface area (Å²) in [5.74, 6) is 1.63. The molecule has 4 nitrogen and oxygen atoms in total. The van der Waals surface area contributed by atoms with E-state index in [0.29, 0.717) is 0 Å². The van der Waals surface area contributed by atoms with Crippen molar-refractivity contribution in [1.82, 2.24) is 4.57 Å². The third kappa shape index (κ3) is 5.67. The van der Waals surface area contributed by atoms with Crippen molar-refractivity contribution in [1.29, 1.82) is 0 Å². The lowest BCUT2D eigenvalue weighted by molar-refractivity contribution is 0.509. The molecular formula is C54H45BN2O2. The molecule has 11 rings (SSSR count). The van der Waals surface area contributed by atoms with Gasteiger partial charge >= 0.3 is 0 Å². The zero-order chi connectivity index (χ0) is 40.4. The van der Waals surface area contributed by atoms with E-state index in [0.717, 1.165) is 80.0 Å². The summed E-state index contributed by atoms with van der Waals surface area (Å²) in [4.78, 5) is 0. The molecule has 9 aromatic rings. The Bertz CT molecular complexity index is 3260. The van der Waals surface area contributed by atoms with E-state index in [1.54, 1.807) is 0 Å². The molecule has 0 saturated heterocycles. The van der Waals surface area contributed by atoms with Crippen LogP contribution in [-0.4, -0.2) is 11.8 Å². The molecule has 5 heteroatoms. The van der Waals surface area contributed by atoms with Crippen LogP contribution in [0.25, 0.3) is 71.9 Å². The van der Waals surface area contributed by atoms with Crippen LogP contribution in [0.1, 0.15) is 63.8 Å². The fourth-order valence-corrected chi connectivity index (χ4v) is 9.24. The van der Waals surface area contributed by atoms with E-state index in [2.05, 4.69) is 173 Å². The Labute approximate surface area is 345 Å². The highest BCUT2D eigenvalue weighted by Crippen LogP contribution is 2.44. The van der Waals surface area contributed by atoms with Crippen LogP contribution in [0.5, 0.6) is 5.75 Å². The number of para-hydroxylation sites is 1. The molecule has 0 aliphatic carbocycles. The number of benzene rings is 7. The molecule has 0 fully saturated rings. The van der Waals surface area contributed by atoms with E-state index in [-0.39, 0.29) is 10.8 Å². The first-order valence-electron chi connectivity index (χ1n) is 20.6. The number of rotatable bonds is 4. The topological polar surface area (TPSA) is 39.3 Å². The predicted octanol–water partition coefficient (Wildman–Crippen LogP) is 12.8. The summed E-state index contributed by atoms with van der Waals surface area (Å²) >= 11 is 0. The number of nitrogens with zero attached hydrogens (tertiary/aromatic N) is 1. The fourth-order valence-electron chi connectivity index (χ4n) is 9.24. The van der Waals surface area contributed by atoms with Crippen molar-refractivity contribution in [2.45, 2.75) is 52.4 Å². The third-order valence-electron chi connectivity index (χ3n) is 12.5. The van der Waals surface area contributed by atoms with Gasteiger partial charge < -0.3 is 19.0 Å². The molecule has 7 aromatic carbocycles. The number of hydrogen-bond donors (Lipinski definition) is 1. The quantitative estimate of drug-likeness (QED) is 0.181. The van der Waals surface area contributed by atoms with Gasteiger partial charge in [-0.05, 0) is 87.1 Å². The average Bonchev–Trinajstić information content (AvgIpc) is 3.75. The molecular weight excluding hydrogens is 719 g/mol. The minimum atomic E-state index is -0.0349. The number of hydrogen-bond acceptors (Lipinski definition) is 3. The van der Waals surface area contributed by atoms with E-state index in [1.165, 1.54) is 49.5 Å². The van der Waals surface area contributed by atoms with E-state index < -0.39 is 0 Å². The van der Waals surface area contributed by atoms with Crippen LogP contribution in [0.15, 0.2) is 151 Å². The lowest BCUT2D eigenvalue weighted by Crippen LogP contribution is -2.37. The summed E-state index contributed by atoms with van der Waals surface area (Å²) in [5, 5.41) is 8.46. The summed E-state index contributed by atoms with van der Waals surface area (Å²) in [6.45, 7) is 18.2. The molecule has 0 unspecified atom stereocenters. The number of anilines is 2. The maximum atomic E-state index is 6.74. The molecule has 4 heterocycles. The Hall–Kier alpha value is -6.72.